The van der Waals surface area contributed by atoms with Crippen LogP contribution in [0.2, 0.25) is 0 Å². The van der Waals surface area contributed by atoms with E-state index in [1.54, 1.807) is 54.0 Å². The molecule has 1 aromatic carbocycles. The summed E-state index contributed by atoms with van der Waals surface area (Å²) in [5, 5.41) is 19.5. The fraction of sp³-hybridized carbons (Fsp3) is 0.381. The first-order valence-corrected chi connectivity index (χ1v) is 10.6. The lowest BCUT2D eigenvalue weighted by atomic mass is 10.1. The topological polar surface area (TPSA) is 100.0 Å². The molecule has 2 N–H and O–H groups in total. The largest absolute Gasteiger partial charge is 0.507 e. The molecule has 1 aliphatic rings. The van der Waals surface area contributed by atoms with E-state index in [0.29, 0.717) is 42.0 Å². The molecule has 2 aromatic rings. The van der Waals surface area contributed by atoms with E-state index in [9.17, 15) is 19.8 Å². The minimum atomic E-state index is -0.597. The number of rotatable bonds is 7. The number of carbonyl (C=O) groups is 2. The molecule has 0 bridgehead atoms. The van der Waals surface area contributed by atoms with Gasteiger partial charge in [-0.2, -0.15) is 11.8 Å². The Morgan fingerprint density at radius 1 is 1.41 bits per heavy atom. The van der Waals surface area contributed by atoms with Crippen LogP contribution in [0.1, 0.15) is 33.3 Å². The van der Waals surface area contributed by atoms with Crippen molar-refractivity contribution >= 4 is 24.0 Å². The zero-order chi connectivity index (χ0) is 20.8. The highest BCUT2D eigenvalue weighted by Gasteiger charge is 2.30. The van der Waals surface area contributed by atoms with Crippen LogP contribution in [0, 0.1) is 0 Å². The maximum Gasteiger partial charge on any atom is 0.256 e. The van der Waals surface area contributed by atoms with Crippen molar-refractivity contribution in [2.24, 2.45) is 0 Å². The monoisotopic (exact) mass is 416 g/mol. The number of hydrogen-bond acceptors (Lipinski definition) is 7. The predicted octanol–water partition coefficient (Wildman–Crippen LogP) is 2.16. The van der Waals surface area contributed by atoms with Crippen LogP contribution >= 0.6 is 11.8 Å². The van der Waals surface area contributed by atoms with Crippen molar-refractivity contribution in [3.63, 3.8) is 0 Å². The normalized spacial score (nSPS) is 17.6. The molecule has 29 heavy (non-hydrogen) atoms. The SMILES string of the molecule is C[C@H](O)Cc1ncccc1C(=O)N1CCSC[C@H]1COc1cccc(O)c1C=O. The van der Waals surface area contributed by atoms with Gasteiger partial charge in [-0.15, -0.1) is 0 Å². The number of phenols is 1. The van der Waals surface area contributed by atoms with Crippen molar-refractivity contribution in [2.45, 2.75) is 25.5 Å². The Bertz CT molecular complexity index is 874. The molecule has 0 spiro atoms. The maximum absolute atomic E-state index is 13.2. The Morgan fingerprint density at radius 3 is 3.00 bits per heavy atom. The Kier molecular flexibility index (Phi) is 7.11. The van der Waals surface area contributed by atoms with Crippen LogP contribution in [-0.4, -0.2) is 69.1 Å². The zero-order valence-corrected chi connectivity index (χ0v) is 17.0. The second-order valence-corrected chi connectivity index (χ2v) is 8.05. The van der Waals surface area contributed by atoms with Gasteiger partial charge in [0.1, 0.15) is 18.1 Å². The number of amides is 1. The van der Waals surface area contributed by atoms with Gasteiger partial charge in [0.2, 0.25) is 0 Å². The summed E-state index contributed by atoms with van der Waals surface area (Å²) in [5.41, 5.74) is 1.15. The smallest absolute Gasteiger partial charge is 0.256 e. The van der Waals surface area contributed by atoms with Crippen molar-refractivity contribution in [3.8, 4) is 11.5 Å². The molecule has 1 amide bonds. The van der Waals surface area contributed by atoms with Crippen molar-refractivity contribution in [1.82, 2.24) is 9.88 Å². The summed E-state index contributed by atoms with van der Waals surface area (Å²) in [6, 6.07) is 7.90. The minimum Gasteiger partial charge on any atom is -0.507 e. The third-order valence-electron chi connectivity index (χ3n) is 4.69. The van der Waals surface area contributed by atoms with Gasteiger partial charge in [0.05, 0.1) is 29.0 Å². The van der Waals surface area contributed by atoms with E-state index in [2.05, 4.69) is 4.98 Å². The summed E-state index contributed by atoms with van der Waals surface area (Å²) >= 11 is 1.73. The van der Waals surface area contributed by atoms with Gasteiger partial charge in [0, 0.05) is 30.7 Å². The highest BCUT2D eigenvalue weighted by Crippen LogP contribution is 2.27. The van der Waals surface area contributed by atoms with Crippen molar-refractivity contribution in [3.05, 3.63) is 53.3 Å². The van der Waals surface area contributed by atoms with Gasteiger partial charge >= 0.3 is 0 Å². The molecule has 1 aliphatic heterocycles. The number of aromatic nitrogens is 1. The molecule has 2 heterocycles. The molecule has 0 saturated carbocycles. The molecule has 8 heteroatoms. The summed E-state index contributed by atoms with van der Waals surface area (Å²) < 4.78 is 5.81. The van der Waals surface area contributed by atoms with Crippen LogP contribution in [0.3, 0.4) is 0 Å². The molecule has 0 aliphatic carbocycles. The van der Waals surface area contributed by atoms with E-state index in [4.69, 9.17) is 4.74 Å². The number of aliphatic hydroxyl groups is 1. The van der Waals surface area contributed by atoms with E-state index < -0.39 is 6.10 Å². The van der Waals surface area contributed by atoms with Gasteiger partial charge in [-0.05, 0) is 31.2 Å². The van der Waals surface area contributed by atoms with E-state index in [1.165, 1.54) is 6.07 Å². The van der Waals surface area contributed by atoms with Gasteiger partial charge in [-0.25, -0.2) is 0 Å². The van der Waals surface area contributed by atoms with Gasteiger partial charge in [-0.3, -0.25) is 14.6 Å². The number of aromatic hydroxyl groups is 1. The van der Waals surface area contributed by atoms with Crippen LogP contribution in [-0.2, 0) is 6.42 Å². The number of pyridine rings is 1. The zero-order valence-electron chi connectivity index (χ0n) is 16.2. The fourth-order valence-corrected chi connectivity index (χ4v) is 4.29. The van der Waals surface area contributed by atoms with Crippen molar-refractivity contribution < 1.29 is 24.5 Å². The molecule has 1 fully saturated rings. The number of hydrogen-bond donors (Lipinski definition) is 2. The maximum atomic E-state index is 13.2. The second kappa shape index (κ2) is 9.76. The Balaban J connectivity index is 1.78. The Morgan fingerprint density at radius 2 is 2.24 bits per heavy atom. The first kappa shape index (κ1) is 21.1. The lowest BCUT2D eigenvalue weighted by Gasteiger charge is -2.35. The molecule has 0 unspecified atom stereocenters. The van der Waals surface area contributed by atoms with Crippen LogP contribution in [0.4, 0.5) is 0 Å². The van der Waals surface area contributed by atoms with Gasteiger partial charge < -0.3 is 19.8 Å². The molecule has 3 rings (SSSR count). The molecule has 1 aromatic heterocycles. The average Bonchev–Trinajstić information content (AvgIpc) is 2.72. The standard InChI is InChI=1S/C21H24N2O5S/c1-14(25)10-18-16(4-3-7-22-18)21(27)23-8-9-29-13-15(23)12-28-20-6-2-5-19(26)17(20)11-24/h2-7,11,14-15,25-26H,8-10,12-13H2,1H3/t14-,15+/m0/s1. The molecule has 2 atom stereocenters. The minimum absolute atomic E-state index is 0.0975. The van der Waals surface area contributed by atoms with Crippen LogP contribution in [0.25, 0.3) is 0 Å². The number of ether oxygens (including phenoxy) is 1. The average molecular weight is 416 g/mol. The quantitative estimate of drug-likeness (QED) is 0.667. The second-order valence-electron chi connectivity index (χ2n) is 6.90. The Labute approximate surface area is 173 Å². The van der Waals surface area contributed by atoms with Crippen molar-refractivity contribution in [1.29, 1.82) is 0 Å². The number of benzene rings is 1. The summed E-state index contributed by atoms with van der Waals surface area (Å²) in [5.74, 6) is 1.53. The van der Waals surface area contributed by atoms with Gasteiger partial charge in [-0.1, -0.05) is 6.07 Å². The van der Waals surface area contributed by atoms with Gasteiger partial charge in [0.15, 0.2) is 6.29 Å². The summed E-state index contributed by atoms with van der Waals surface area (Å²) in [6.07, 6.45) is 1.88. The Hall–Kier alpha value is -2.58. The van der Waals surface area contributed by atoms with E-state index in [-0.39, 0.29) is 29.9 Å². The summed E-state index contributed by atoms with van der Waals surface area (Å²) in [7, 11) is 0. The lowest BCUT2D eigenvalue weighted by Crippen LogP contribution is -2.49. The third-order valence-corrected chi connectivity index (χ3v) is 5.78. The van der Waals surface area contributed by atoms with E-state index in [0.717, 1.165) is 5.75 Å². The highest BCUT2D eigenvalue weighted by atomic mass is 32.2. The molecular formula is C21H24N2O5S. The lowest BCUT2D eigenvalue weighted by molar-refractivity contribution is 0.0644. The summed E-state index contributed by atoms with van der Waals surface area (Å²) in [4.78, 5) is 30.5. The summed E-state index contributed by atoms with van der Waals surface area (Å²) in [6.45, 7) is 2.44. The van der Waals surface area contributed by atoms with Crippen LogP contribution in [0.5, 0.6) is 11.5 Å². The van der Waals surface area contributed by atoms with Gasteiger partial charge in [0.25, 0.3) is 5.91 Å². The number of thioether (sulfide) groups is 1. The molecule has 154 valence electrons. The predicted molar refractivity (Wildman–Crippen MR) is 111 cm³/mol. The number of aldehydes is 1. The van der Waals surface area contributed by atoms with Crippen LogP contribution < -0.4 is 4.74 Å². The first-order valence-electron chi connectivity index (χ1n) is 9.42. The van der Waals surface area contributed by atoms with Crippen LogP contribution in [0.15, 0.2) is 36.5 Å². The third kappa shape index (κ3) is 5.07. The molecule has 7 nitrogen and oxygen atoms in total. The van der Waals surface area contributed by atoms with E-state index >= 15 is 0 Å². The van der Waals surface area contributed by atoms with E-state index in [1.807, 2.05) is 0 Å². The molecule has 1 saturated heterocycles. The number of carbonyl (C=O) groups excluding carboxylic acids is 2. The number of nitrogens with zero attached hydrogens (tertiary/aromatic N) is 2. The fourth-order valence-electron chi connectivity index (χ4n) is 3.25. The molecule has 0 radical (unpaired) electrons. The number of aliphatic hydroxyl groups excluding tert-OH is 1. The van der Waals surface area contributed by atoms with Crippen molar-refractivity contribution in [2.75, 3.05) is 24.7 Å². The molecular weight excluding hydrogens is 392 g/mol. The highest BCUT2D eigenvalue weighted by molar-refractivity contribution is 7.99. The first-order chi connectivity index (χ1) is 14.0. The number of phenolic OH excluding ortho intramolecular Hbond substituents is 1.